The first-order valence-electron chi connectivity index (χ1n) is 6.05. The minimum atomic E-state index is 0.877. The Bertz CT molecular complexity index is 679. The van der Waals surface area contributed by atoms with Gasteiger partial charge in [0.1, 0.15) is 5.75 Å². The summed E-state index contributed by atoms with van der Waals surface area (Å²) in [6, 6.07) is 10.4. The molecule has 0 aliphatic rings. The fourth-order valence-corrected chi connectivity index (χ4v) is 2.39. The van der Waals surface area contributed by atoms with Crippen molar-refractivity contribution >= 4 is 10.9 Å². The van der Waals surface area contributed by atoms with Crippen LogP contribution in [0.25, 0.3) is 10.9 Å². The fourth-order valence-electron chi connectivity index (χ4n) is 2.39. The summed E-state index contributed by atoms with van der Waals surface area (Å²) >= 11 is 0. The molecule has 0 unspecified atom stereocenters. The van der Waals surface area contributed by atoms with Gasteiger partial charge in [0.2, 0.25) is 0 Å². The molecule has 18 heavy (non-hydrogen) atoms. The lowest BCUT2D eigenvalue weighted by Crippen LogP contribution is -1.89. The first-order chi connectivity index (χ1) is 8.78. The monoisotopic (exact) mass is 240 g/mol. The predicted molar refractivity (Wildman–Crippen MR) is 73.2 cm³/mol. The predicted octanol–water partition coefficient (Wildman–Crippen LogP) is 3.40. The van der Waals surface area contributed by atoms with E-state index in [1.807, 2.05) is 12.3 Å². The molecule has 2 heterocycles. The van der Waals surface area contributed by atoms with E-state index in [1.54, 1.807) is 7.11 Å². The van der Waals surface area contributed by atoms with Gasteiger partial charge in [0.15, 0.2) is 0 Å². The molecule has 0 amide bonds. The van der Waals surface area contributed by atoms with Crippen LogP contribution in [0.3, 0.4) is 0 Å². The summed E-state index contributed by atoms with van der Waals surface area (Å²) in [6.45, 7) is 2.12. The van der Waals surface area contributed by atoms with Gasteiger partial charge >= 0.3 is 0 Å². The molecule has 1 aromatic carbocycles. The number of ether oxygens (including phenoxy) is 1. The highest BCUT2D eigenvalue weighted by molar-refractivity contribution is 5.84. The van der Waals surface area contributed by atoms with E-state index in [-0.39, 0.29) is 0 Å². The van der Waals surface area contributed by atoms with E-state index in [2.05, 4.69) is 41.2 Å². The van der Waals surface area contributed by atoms with Crippen molar-refractivity contribution in [3.63, 3.8) is 0 Å². The van der Waals surface area contributed by atoms with Gasteiger partial charge in [-0.25, -0.2) is 0 Å². The number of aryl methyl sites for hydroxylation is 1. The van der Waals surface area contributed by atoms with E-state index in [1.165, 1.54) is 27.9 Å². The first kappa shape index (κ1) is 11.0. The van der Waals surface area contributed by atoms with E-state index < -0.39 is 0 Å². The molecule has 2 N–H and O–H groups in total. The van der Waals surface area contributed by atoms with E-state index in [9.17, 15) is 0 Å². The Balaban J connectivity index is 2.01. The summed E-state index contributed by atoms with van der Waals surface area (Å²) in [6.07, 6.45) is 2.78. The van der Waals surface area contributed by atoms with Crippen LogP contribution in [0.1, 0.15) is 17.0 Å². The lowest BCUT2D eigenvalue weighted by molar-refractivity contribution is 0.415. The zero-order chi connectivity index (χ0) is 12.5. The molecule has 92 valence electrons. The highest BCUT2D eigenvalue weighted by atomic mass is 16.5. The number of fused-ring (bicyclic) bond motifs is 1. The molecule has 3 aromatic rings. The molecular weight excluding hydrogens is 224 g/mol. The molecule has 3 heteroatoms. The molecule has 3 rings (SSSR count). The molecule has 0 radical (unpaired) electrons. The highest BCUT2D eigenvalue weighted by Gasteiger charge is 2.09. The topological polar surface area (TPSA) is 40.8 Å². The number of nitrogens with one attached hydrogen (secondary N) is 2. The zero-order valence-electron chi connectivity index (χ0n) is 10.6. The van der Waals surface area contributed by atoms with Crippen LogP contribution in [0, 0.1) is 6.92 Å². The van der Waals surface area contributed by atoms with E-state index in [4.69, 9.17) is 4.74 Å². The van der Waals surface area contributed by atoms with Gasteiger partial charge in [-0.15, -0.1) is 0 Å². The molecule has 0 bridgehead atoms. The quantitative estimate of drug-likeness (QED) is 0.723. The third-order valence-corrected chi connectivity index (χ3v) is 3.35. The van der Waals surface area contributed by atoms with Crippen molar-refractivity contribution in [1.29, 1.82) is 0 Å². The maximum Gasteiger partial charge on any atom is 0.136 e. The van der Waals surface area contributed by atoms with E-state index in [0.717, 1.165) is 12.2 Å². The summed E-state index contributed by atoms with van der Waals surface area (Å²) in [5, 5.41) is 1.29. The van der Waals surface area contributed by atoms with Gasteiger partial charge in [-0.05, 0) is 18.6 Å². The van der Waals surface area contributed by atoms with E-state index >= 15 is 0 Å². The Hall–Kier alpha value is -2.16. The molecule has 0 saturated carbocycles. The molecule has 3 nitrogen and oxygen atoms in total. The van der Waals surface area contributed by atoms with Crippen LogP contribution >= 0.6 is 0 Å². The maximum absolute atomic E-state index is 5.19. The Morgan fingerprint density at radius 2 is 2.06 bits per heavy atom. The zero-order valence-corrected chi connectivity index (χ0v) is 10.6. The number of H-pyrrole nitrogens is 2. The number of methoxy groups -OCH3 is 1. The molecule has 0 aliphatic carbocycles. The number of hydrogen-bond acceptors (Lipinski definition) is 1. The molecule has 0 aliphatic heterocycles. The van der Waals surface area contributed by atoms with Crippen molar-refractivity contribution in [2.24, 2.45) is 0 Å². The molecule has 0 fully saturated rings. The number of aromatic amines is 2. The van der Waals surface area contributed by atoms with Crippen LogP contribution in [-0.4, -0.2) is 17.1 Å². The Morgan fingerprint density at radius 3 is 2.83 bits per heavy atom. The number of rotatable bonds is 3. The van der Waals surface area contributed by atoms with E-state index in [0.29, 0.717) is 0 Å². The van der Waals surface area contributed by atoms with Crippen LogP contribution in [0.15, 0.2) is 36.5 Å². The average Bonchev–Trinajstić information content (AvgIpc) is 2.96. The number of benzene rings is 1. The lowest BCUT2D eigenvalue weighted by atomic mass is 10.1. The number of hydrogen-bond donors (Lipinski definition) is 2. The smallest absolute Gasteiger partial charge is 0.136 e. The van der Waals surface area contributed by atoms with Gasteiger partial charge in [-0.3, -0.25) is 0 Å². The Labute approximate surface area is 106 Å². The Kier molecular flexibility index (Phi) is 2.59. The van der Waals surface area contributed by atoms with Crippen molar-refractivity contribution in [3.8, 4) is 5.75 Å². The summed E-state index contributed by atoms with van der Waals surface area (Å²) in [5.74, 6) is 0.877. The first-order valence-corrected chi connectivity index (χ1v) is 6.05. The molecule has 2 aromatic heterocycles. The van der Waals surface area contributed by atoms with Crippen LogP contribution in [-0.2, 0) is 6.42 Å². The summed E-state index contributed by atoms with van der Waals surface area (Å²) in [7, 11) is 1.68. The molecule has 0 saturated heterocycles. The number of para-hydroxylation sites is 1. The highest BCUT2D eigenvalue weighted by Crippen LogP contribution is 2.25. The standard InChI is InChI=1S/C15H16N2O/c1-10-14(8-11-7-12(18-2)9-16-11)13-5-3-4-6-15(13)17-10/h3-7,9,16-17H,8H2,1-2H3. The van der Waals surface area contributed by atoms with Crippen LogP contribution in [0.2, 0.25) is 0 Å². The van der Waals surface area contributed by atoms with Gasteiger partial charge in [-0.2, -0.15) is 0 Å². The largest absolute Gasteiger partial charge is 0.495 e. The van der Waals surface area contributed by atoms with Crippen molar-refractivity contribution in [2.75, 3.05) is 7.11 Å². The Morgan fingerprint density at radius 1 is 1.22 bits per heavy atom. The van der Waals surface area contributed by atoms with Crippen molar-refractivity contribution in [3.05, 3.63) is 53.5 Å². The second-order valence-corrected chi connectivity index (χ2v) is 4.52. The third-order valence-electron chi connectivity index (χ3n) is 3.35. The molecule has 0 spiro atoms. The van der Waals surface area contributed by atoms with Crippen LogP contribution in [0.4, 0.5) is 0 Å². The molecular formula is C15H16N2O. The summed E-state index contributed by atoms with van der Waals surface area (Å²) < 4.78 is 5.19. The van der Waals surface area contributed by atoms with Crippen molar-refractivity contribution < 1.29 is 4.74 Å². The van der Waals surface area contributed by atoms with Gasteiger partial charge in [0.05, 0.1) is 7.11 Å². The summed E-state index contributed by atoms with van der Waals surface area (Å²) in [5.41, 5.74) is 4.93. The van der Waals surface area contributed by atoms with Crippen molar-refractivity contribution in [1.82, 2.24) is 9.97 Å². The number of aromatic nitrogens is 2. The minimum Gasteiger partial charge on any atom is -0.495 e. The second kappa shape index (κ2) is 4.26. The average molecular weight is 240 g/mol. The van der Waals surface area contributed by atoms with Gasteiger partial charge in [-0.1, -0.05) is 18.2 Å². The van der Waals surface area contributed by atoms with Gasteiger partial charge in [0.25, 0.3) is 0 Å². The fraction of sp³-hybridized carbons (Fsp3) is 0.200. The van der Waals surface area contributed by atoms with Crippen LogP contribution in [0.5, 0.6) is 5.75 Å². The maximum atomic E-state index is 5.19. The van der Waals surface area contributed by atoms with Gasteiger partial charge in [0, 0.05) is 41.0 Å². The summed E-state index contributed by atoms with van der Waals surface area (Å²) in [4.78, 5) is 6.67. The van der Waals surface area contributed by atoms with Crippen molar-refractivity contribution in [2.45, 2.75) is 13.3 Å². The lowest BCUT2D eigenvalue weighted by Gasteiger charge is -1.99. The second-order valence-electron chi connectivity index (χ2n) is 4.52. The van der Waals surface area contributed by atoms with Crippen LogP contribution < -0.4 is 4.74 Å². The normalized spacial score (nSPS) is 11.0. The molecule has 0 atom stereocenters. The van der Waals surface area contributed by atoms with Gasteiger partial charge < -0.3 is 14.7 Å². The minimum absolute atomic E-state index is 0.877. The third kappa shape index (κ3) is 1.78. The SMILES string of the molecule is COc1c[nH]c(Cc2c(C)[nH]c3ccccc23)c1.